The number of carboxylic acids is 1. The van der Waals surface area contributed by atoms with Gasteiger partial charge in [0.05, 0.1) is 18.1 Å². The number of hydrogen-bond acceptors (Lipinski definition) is 3. The molecule has 1 fully saturated rings. The van der Waals surface area contributed by atoms with Crippen LogP contribution in [0, 0.1) is 0 Å². The molecular formula is C14H26N2O4. The van der Waals surface area contributed by atoms with Crippen molar-refractivity contribution >= 4 is 12.0 Å². The SMILES string of the molecule is CC1OCCC1(C)NC(=O)N(CCC(=O)O)C(C)(C)C. The molecule has 2 unspecified atom stereocenters. The van der Waals surface area contributed by atoms with E-state index in [1.807, 2.05) is 34.6 Å². The third-order valence-electron chi connectivity index (χ3n) is 3.88. The summed E-state index contributed by atoms with van der Waals surface area (Å²) in [7, 11) is 0. The van der Waals surface area contributed by atoms with E-state index < -0.39 is 17.0 Å². The predicted octanol–water partition coefficient (Wildman–Crippen LogP) is 1.84. The largest absolute Gasteiger partial charge is 0.481 e. The molecule has 6 heteroatoms. The van der Waals surface area contributed by atoms with Gasteiger partial charge in [0.25, 0.3) is 0 Å². The van der Waals surface area contributed by atoms with Gasteiger partial charge < -0.3 is 20.1 Å². The van der Waals surface area contributed by atoms with Crippen LogP contribution in [0.5, 0.6) is 0 Å². The molecule has 0 radical (unpaired) electrons. The van der Waals surface area contributed by atoms with Gasteiger partial charge in [-0.2, -0.15) is 0 Å². The monoisotopic (exact) mass is 286 g/mol. The van der Waals surface area contributed by atoms with Gasteiger partial charge in [0, 0.05) is 18.7 Å². The Morgan fingerprint density at radius 3 is 2.45 bits per heavy atom. The predicted molar refractivity (Wildman–Crippen MR) is 75.7 cm³/mol. The summed E-state index contributed by atoms with van der Waals surface area (Å²) in [6.45, 7) is 10.4. The van der Waals surface area contributed by atoms with Crippen molar-refractivity contribution in [3.05, 3.63) is 0 Å². The van der Waals surface area contributed by atoms with Gasteiger partial charge in [-0.05, 0) is 41.0 Å². The summed E-state index contributed by atoms with van der Waals surface area (Å²) >= 11 is 0. The van der Waals surface area contributed by atoms with Gasteiger partial charge in [0.15, 0.2) is 0 Å². The lowest BCUT2D eigenvalue weighted by Gasteiger charge is -2.39. The number of nitrogens with one attached hydrogen (secondary N) is 1. The number of carbonyl (C=O) groups is 2. The van der Waals surface area contributed by atoms with E-state index in [0.29, 0.717) is 6.61 Å². The first kappa shape index (κ1) is 16.8. The molecule has 116 valence electrons. The zero-order valence-corrected chi connectivity index (χ0v) is 13.0. The molecule has 0 aromatic carbocycles. The Kier molecular flexibility index (Phi) is 5.02. The number of rotatable bonds is 4. The van der Waals surface area contributed by atoms with Crippen LogP contribution in [-0.2, 0) is 9.53 Å². The van der Waals surface area contributed by atoms with E-state index in [4.69, 9.17) is 9.84 Å². The van der Waals surface area contributed by atoms with Crippen molar-refractivity contribution in [1.82, 2.24) is 10.2 Å². The minimum Gasteiger partial charge on any atom is -0.481 e. The molecule has 0 saturated carbocycles. The minimum atomic E-state index is -0.907. The number of carbonyl (C=O) groups excluding carboxylic acids is 1. The molecule has 0 aromatic rings. The molecule has 2 amide bonds. The first-order valence-corrected chi connectivity index (χ1v) is 6.99. The fraction of sp³-hybridized carbons (Fsp3) is 0.857. The molecule has 1 aliphatic rings. The normalized spacial score (nSPS) is 26.4. The Hall–Kier alpha value is -1.30. The molecule has 1 aliphatic heterocycles. The number of nitrogens with zero attached hydrogens (tertiary/aromatic N) is 1. The summed E-state index contributed by atoms with van der Waals surface area (Å²) in [4.78, 5) is 24.8. The lowest BCUT2D eigenvalue weighted by atomic mass is 9.94. The summed E-state index contributed by atoms with van der Waals surface area (Å²) in [6.07, 6.45) is 0.650. The van der Waals surface area contributed by atoms with E-state index in [-0.39, 0.29) is 25.1 Å². The highest BCUT2D eigenvalue weighted by Gasteiger charge is 2.40. The van der Waals surface area contributed by atoms with Crippen molar-refractivity contribution in [3.63, 3.8) is 0 Å². The molecule has 20 heavy (non-hydrogen) atoms. The van der Waals surface area contributed by atoms with Crippen molar-refractivity contribution in [2.75, 3.05) is 13.2 Å². The summed E-state index contributed by atoms with van der Waals surface area (Å²) in [5.74, 6) is -0.907. The number of carboxylic acid groups (broad SMARTS) is 1. The fourth-order valence-electron chi connectivity index (χ4n) is 2.26. The van der Waals surface area contributed by atoms with Crippen LogP contribution in [0.25, 0.3) is 0 Å². The van der Waals surface area contributed by atoms with Crippen molar-refractivity contribution in [3.8, 4) is 0 Å². The van der Waals surface area contributed by atoms with Gasteiger partial charge in [-0.15, -0.1) is 0 Å². The highest BCUT2D eigenvalue weighted by molar-refractivity contribution is 5.77. The van der Waals surface area contributed by atoms with E-state index in [1.165, 1.54) is 0 Å². The minimum absolute atomic E-state index is 0.0484. The first-order chi connectivity index (χ1) is 9.06. The maximum Gasteiger partial charge on any atom is 0.318 e. The number of hydrogen-bond donors (Lipinski definition) is 2. The topological polar surface area (TPSA) is 78.9 Å². The third kappa shape index (κ3) is 4.10. The van der Waals surface area contributed by atoms with Gasteiger partial charge >= 0.3 is 12.0 Å². The summed E-state index contributed by atoms with van der Waals surface area (Å²) in [5, 5.41) is 11.8. The molecule has 6 nitrogen and oxygen atoms in total. The molecule has 1 heterocycles. The number of amides is 2. The average Bonchev–Trinajstić information content (AvgIpc) is 2.56. The Bertz CT molecular complexity index is 378. The van der Waals surface area contributed by atoms with Crippen LogP contribution in [0.4, 0.5) is 4.79 Å². The zero-order valence-electron chi connectivity index (χ0n) is 13.0. The Morgan fingerprint density at radius 2 is 2.05 bits per heavy atom. The second-order valence-corrected chi connectivity index (χ2v) is 6.58. The second-order valence-electron chi connectivity index (χ2n) is 6.58. The van der Waals surface area contributed by atoms with Crippen LogP contribution in [-0.4, -0.2) is 52.3 Å². The highest BCUT2D eigenvalue weighted by Crippen LogP contribution is 2.26. The highest BCUT2D eigenvalue weighted by atomic mass is 16.5. The van der Waals surface area contributed by atoms with Crippen LogP contribution in [0.15, 0.2) is 0 Å². The molecule has 0 aromatic heterocycles. The van der Waals surface area contributed by atoms with Crippen LogP contribution in [0.3, 0.4) is 0 Å². The molecule has 1 rings (SSSR count). The molecule has 0 aliphatic carbocycles. The van der Waals surface area contributed by atoms with Gasteiger partial charge in [-0.25, -0.2) is 4.79 Å². The van der Waals surface area contributed by atoms with Crippen molar-refractivity contribution in [2.24, 2.45) is 0 Å². The molecule has 0 spiro atoms. The van der Waals surface area contributed by atoms with Crippen molar-refractivity contribution in [2.45, 2.75) is 64.6 Å². The summed E-state index contributed by atoms with van der Waals surface area (Å²) in [5.41, 5.74) is -0.831. The number of aliphatic carboxylic acids is 1. The van der Waals surface area contributed by atoms with E-state index in [0.717, 1.165) is 6.42 Å². The second kappa shape index (κ2) is 5.99. The van der Waals surface area contributed by atoms with Crippen LogP contribution < -0.4 is 5.32 Å². The molecule has 2 atom stereocenters. The number of ether oxygens (including phenoxy) is 1. The molecule has 2 N–H and O–H groups in total. The van der Waals surface area contributed by atoms with E-state index in [2.05, 4.69) is 5.32 Å². The first-order valence-electron chi connectivity index (χ1n) is 6.99. The van der Waals surface area contributed by atoms with Gasteiger partial charge in [0.2, 0.25) is 0 Å². The van der Waals surface area contributed by atoms with Crippen LogP contribution in [0.2, 0.25) is 0 Å². The summed E-state index contributed by atoms with van der Waals surface area (Å²) in [6, 6.07) is -0.237. The van der Waals surface area contributed by atoms with Crippen molar-refractivity contribution in [1.29, 1.82) is 0 Å². The van der Waals surface area contributed by atoms with Crippen LogP contribution in [0.1, 0.15) is 47.5 Å². The quantitative estimate of drug-likeness (QED) is 0.826. The maximum atomic E-state index is 12.5. The van der Waals surface area contributed by atoms with E-state index in [9.17, 15) is 9.59 Å². The Morgan fingerprint density at radius 1 is 1.45 bits per heavy atom. The average molecular weight is 286 g/mol. The van der Waals surface area contributed by atoms with Crippen LogP contribution >= 0.6 is 0 Å². The lowest BCUT2D eigenvalue weighted by molar-refractivity contribution is -0.137. The van der Waals surface area contributed by atoms with Crippen molar-refractivity contribution < 1.29 is 19.4 Å². The third-order valence-corrected chi connectivity index (χ3v) is 3.88. The Balaban J connectivity index is 2.75. The molecular weight excluding hydrogens is 260 g/mol. The molecule has 1 saturated heterocycles. The van der Waals surface area contributed by atoms with Gasteiger partial charge in [-0.1, -0.05) is 0 Å². The number of urea groups is 1. The fourth-order valence-corrected chi connectivity index (χ4v) is 2.26. The standard InChI is InChI=1S/C14H26N2O4/c1-10-14(5,7-9-20-10)15-12(19)16(13(2,3)4)8-6-11(17)18/h10H,6-9H2,1-5H3,(H,15,19)(H,17,18). The molecule has 0 bridgehead atoms. The van der Waals surface area contributed by atoms with E-state index >= 15 is 0 Å². The van der Waals surface area contributed by atoms with Gasteiger partial charge in [0.1, 0.15) is 0 Å². The lowest BCUT2D eigenvalue weighted by Crippen LogP contribution is -2.59. The zero-order chi connectivity index (χ0) is 15.6. The van der Waals surface area contributed by atoms with Gasteiger partial charge in [-0.3, -0.25) is 4.79 Å². The summed E-state index contributed by atoms with van der Waals surface area (Å²) < 4.78 is 5.51. The smallest absolute Gasteiger partial charge is 0.318 e. The maximum absolute atomic E-state index is 12.5. The van der Waals surface area contributed by atoms with E-state index in [1.54, 1.807) is 4.90 Å². The Labute approximate surface area is 120 Å².